The second-order valence-electron chi connectivity index (χ2n) is 6.54. The molecule has 0 aliphatic heterocycles. The lowest BCUT2D eigenvalue weighted by Crippen LogP contribution is -2.04. The van der Waals surface area contributed by atoms with Crippen LogP contribution in [0.2, 0.25) is 0 Å². The molecule has 3 heterocycles. The van der Waals surface area contributed by atoms with Gasteiger partial charge < -0.3 is 19.8 Å². The minimum atomic E-state index is -0.811. The zero-order chi connectivity index (χ0) is 22.8. The van der Waals surface area contributed by atoms with Crippen LogP contribution in [-0.4, -0.2) is 37.7 Å². The van der Waals surface area contributed by atoms with Gasteiger partial charge in [0.05, 0.1) is 12.1 Å². The topological polar surface area (TPSA) is 142 Å². The van der Waals surface area contributed by atoms with Crippen LogP contribution in [0.4, 0.5) is 20.4 Å². The van der Waals surface area contributed by atoms with Crippen LogP contribution in [0.25, 0.3) is 10.9 Å². The van der Waals surface area contributed by atoms with Gasteiger partial charge in [-0.3, -0.25) is 5.10 Å². The summed E-state index contributed by atoms with van der Waals surface area (Å²) in [5, 5.41) is 18.7. The van der Waals surface area contributed by atoms with E-state index in [0.717, 1.165) is 12.4 Å². The molecule has 0 aliphatic rings. The number of nitrogens with zero attached hydrogens (tertiary/aromatic N) is 4. The minimum Gasteiger partial charge on any atom is -0.461 e. The molecule has 0 atom stereocenters. The number of nitriles is 1. The molecule has 0 aliphatic carbocycles. The molecule has 10 nitrogen and oxygen atoms in total. The fourth-order valence-corrected chi connectivity index (χ4v) is 2.98. The molecular weight excluding hydrogens is 424 g/mol. The van der Waals surface area contributed by atoms with Crippen molar-refractivity contribution < 1.29 is 23.0 Å². The van der Waals surface area contributed by atoms with Crippen LogP contribution in [0.1, 0.15) is 28.7 Å². The number of aromatic amines is 2. The quantitative estimate of drug-likeness (QED) is 0.385. The second-order valence-corrected chi connectivity index (χ2v) is 6.54. The number of rotatable bonds is 6. The Morgan fingerprint density at radius 2 is 2.09 bits per heavy atom. The van der Waals surface area contributed by atoms with E-state index >= 15 is 0 Å². The predicted octanol–water partition coefficient (Wildman–Crippen LogP) is 3.85. The number of halogens is 2. The Balaban J connectivity index is 1.66. The third-order valence-corrected chi connectivity index (χ3v) is 4.35. The number of hydrogen-bond acceptors (Lipinski definition) is 8. The molecule has 0 saturated carbocycles. The first-order valence-corrected chi connectivity index (χ1v) is 9.31. The third kappa shape index (κ3) is 3.79. The number of H-pyrrole nitrogens is 2. The van der Waals surface area contributed by atoms with Crippen molar-refractivity contribution in [3.8, 4) is 17.7 Å². The number of carbonyl (C=O) groups is 1. The summed E-state index contributed by atoms with van der Waals surface area (Å²) in [6, 6.07) is 5.53. The van der Waals surface area contributed by atoms with Crippen molar-refractivity contribution >= 4 is 28.5 Å². The summed E-state index contributed by atoms with van der Waals surface area (Å²) >= 11 is 0. The molecular formula is C20H15F2N7O3. The number of nitrogens with one attached hydrogen (secondary N) is 3. The number of hydrogen-bond donors (Lipinski definition) is 3. The molecule has 0 amide bonds. The molecule has 3 N–H and O–H groups in total. The van der Waals surface area contributed by atoms with Crippen LogP contribution < -0.4 is 10.1 Å². The Bertz CT molecular complexity index is 1370. The molecule has 0 unspecified atom stereocenters. The van der Waals surface area contributed by atoms with Crippen LogP contribution in [-0.2, 0) is 4.74 Å². The van der Waals surface area contributed by atoms with Crippen molar-refractivity contribution in [1.82, 2.24) is 25.1 Å². The highest BCUT2D eigenvalue weighted by atomic mass is 19.1. The fourth-order valence-electron chi connectivity index (χ4n) is 2.98. The largest absolute Gasteiger partial charge is 0.461 e. The maximum Gasteiger partial charge on any atom is 0.356 e. The van der Waals surface area contributed by atoms with Crippen molar-refractivity contribution in [1.29, 1.82) is 5.26 Å². The summed E-state index contributed by atoms with van der Waals surface area (Å²) in [5.41, 5.74) is 0.487. The second kappa shape index (κ2) is 8.31. The van der Waals surface area contributed by atoms with E-state index in [1.54, 1.807) is 13.8 Å². The van der Waals surface area contributed by atoms with Gasteiger partial charge in [-0.05, 0) is 19.9 Å². The summed E-state index contributed by atoms with van der Waals surface area (Å²) in [4.78, 5) is 22.3. The Morgan fingerprint density at radius 3 is 2.84 bits per heavy atom. The summed E-state index contributed by atoms with van der Waals surface area (Å²) in [6.07, 6.45) is 1.07. The lowest BCUT2D eigenvalue weighted by atomic mass is 10.2. The molecule has 0 radical (unpaired) electrons. The normalized spacial score (nSPS) is 10.7. The van der Waals surface area contributed by atoms with Gasteiger partial charge in [0.15, 0.2) is 34.6 Å². The highest BCUT2D eigenvalue weighted by Crippen LogP contribution is 2.34. The highest BCUT2D eigenvalue weighted by molar-refractivity contribution is 5.88. The van der Waals surface area contributed by atoms with E-state index in [0.29, 0.717) is 5.69 Å². The van der Waals surface area contributed by atoms with Gasteiger partial charge in [0.25, 0.3) is 0 Å². The Morgan fingerprint density at radius 1 is 1.28 bits per heavy atom. The number of aryl methyl sites for hydroxylation is 1. The third-order valence-electron chi connectivity index (χ3n) is 4.35. The van der Waals surface area contributed by atoms with Gasteiger partial charge in [-0.25, -0.2) is 23.5 Å². The monoisotopic (exact) mass is 439 g/mol. The zero-order valence-electron chi connectivity index (χ0n) is 16.8. The van der Waals surface area contributed by atoms with Crippen LogP contribution in [0, 0.1) is 29.9 Å². The van der Waals surface area contributed by atoms with E-state index in [2.05, 4.69) is 30.5 Å². The van der Waals surface area contributed by atoms with Crippen LogP contribution in [0.5, 0.6) is 11.6 Å². The molecule has 0 bridgehead atoms. The number of fused-ring (bicyclic) bond motifs is 1. The number of anilines is 2. The molecule has 3 aromatic heterocycles. The van der Waals surface area contributed by atoms with Gasteiger partial charge >= 0.3 is 5.97 Å². The molecule has 1 aromatic carbocycles. The average Bonchev–Trinajstić information content (AvgIpc) is 3.39. The van der Waals surface area contributed by atoms with E-state index in [4.69, 9.17) is 9.47 Å². The summed E-state index contributed by atoms with van der Waals surface area (Å²) in [6.45, 7) is 3.52. The number of ether oxygens (including phenoxy) is 2. The van der Waals surface area contributed by atoms with Gasteiger partial charge in [-0.2, -0.15) is 10.4 Å². The van der Waals surface area contributed by atoms with Crippen LogP contribution >= 0.6 is 0 Å². The van der Waals surface area contributed by atoms with Gasteiger partial charge in [0.2, 0.25) is 5.88 Å². The summed E-state index contributed by atoms with van der Waals surface area (Å²) in [5.74, 6) is -2.73. The van der Waals surface area contributed by atoms with Crippen LogP contribution in [0.15, 0.2) is 24.5 Å². The Kier molecular flexibility index (Phi) is 5.38. The molecule has 4 rings (SSSR count). The van der Waals surface area contributed by atoms with Gasteiger partial charge in [0.1, 0.15) is 18.1 Å². The van der Waals surface area contributed by atoms with Gasteiger partial charge in [-0.1, -0.05) is 0 Å². The molecule has 12 heteroatoms. The zero-order valence-corrected chi connectivity index (χ0v) is 16.8. The van der Waals surface area contributed by atoms with E-state index in [1.807, 2.05) is 6.07 Å². The lowest BCUT2D eigenvalue weighted by molar-refractivity contribution is 0.0519. The first-order valence-electron chi connectivity index (χ1n) is 9.31. The lowest BCUT2D eigenvalue weighted by Gasteiger charge is -2.10. The average molecular weight is 439 g/mol. The molecule has 0 saturated heterocycles. The van der Waals surface area contributed by atoms with E-state index < -0.39 is 23.4 Å². The van der Waals surface area contributed by atoms with Gasteiger partial charge in [-0.15, -0.1) is 0 Å². The van der Waals surface area contributed by atoms with E-state index in [9.17, 15) is 18.8 Å². The Labute approximate surface area is 179 Å². The highest BCUT2D eigenvalue weighted by Gasteiger charge is 2.20. The fraction of sp³-hybridized carbons (Fsp3) is 0.150. The smallest absolute Gasteiger partial charge is 0.356 e. The van der Waals surface area contributed by atoms with Crippen molar-refractivity contribution in [2.45, 2.75) is 13.8 Å². The first-order chi connectivity index (χ1) is 15.4. The van der Waals surface area contributed by atoms with Crippen molar-refractivity contribution in [2.24, 2.45) is 0 Å². The predicted molar refractivity (Wildman–Crippen MR) is 108 cm³/mol. The van der Waals surface area contributed by atoms with Crippen LogP contribution in [0.3, 0.4) is 0 Å². The number of benzene rings is 1. The minimum absolute atomic E-state index is 0.00595. The molecule has 162 valence electrons. The number of esters is 1. The summed E-state index contributed by atoms with van der Waals surface area (Å²) < 4.78 is 39.5. The SMILES string of the molecule is CCOC(=O)c1cc(Nc2ncnc(Oc3cc(F)c4[nH]c(C)cc4c3F)c2C#N)n[nH]1. The van der Waals surface area contributed by atoms with E-state index in [1.165, 1.54) is 12.1 Å². The first kappa shape index (κ1) is 20.7. The Hall–Kier alpha value is -4.53. The van der Waals surface area contributed by atoms with Crippen molar-refractivity contribution in [3.05, 3.63) is 53.1 Å². The van der Waals surface area contributed by atoms with Gasteiger partial charge in [0, 0.05) is 23.2 Å². The molecule has 32 heavy (non-hydrogen) atoms. The number of aromatic nitrogens is 5. The maximum atomic E-state index is 14.9. The van der Waals surface area contributed by atoms with Crippen molar-refractivity contribution in [2.75, 3.05) is 11.9 Å². The van der Waals surface area contributed by atoms with E-state index in [-0.39, 0.29) is 46.3 Å². The standard InChI is InChI=1S/C20H15F2N7O3/c1-3-31-20(30)13-6-15(29-28-13)27-18-11(7-23)19(25-8-24-18)32-14-5-12(21)17-10(16(14)22)4-9(2)26-17/h4-6,8,26H,3H2,1-2H3,(H2,24,25,27,28,29). The van der Waals surface area contributed by atoms with Crippen molar-refractivity contribution in [3.63, 3.8) is 0 Å². The number of carbonyl (C=O) groups excluding carboxylic acids is 1. The molecule has 0 spiro atoms. The molecule has 0 fully saturated rings. The summed E-state index contributed by atoms with van der Waals surface area (Å²) in [7, 11) is 0. The maximum absolute atomic E-state index is 14.9. The molecule has 4 aromatic rings.